The topological polar surface area (TPSA) is 33.6 Å². The second kappa shape index (κ2) is 20.1. The van der Waals surface area contributed by atoms with Crippen molar-refractivity contribution in [1.29, 1.82) is 5.26 Å². The minimum Gasteiger partial charge on any atom is -0.309 e. The molecule has 0 N–H and O–H groups in total. The molecule has 6 heteroatoms. The van der Waals surface area contributed by atoms with E-state index in [1.165, 1.54) is 67.8 Å². The smallest absolute Gasteiger partial charge is 0.309 e. The maximum atomic E-state index is 14.6. The minimum absolute atomic E-state index is 0.428. The van der Waals surface area contributed by atoms with Crippen molar-refractivity contribution >= 4 is 43.6 Å². The lowest BCUT2D eigenvalue weighted by atomic mass is 9.92. The molecule has 404 valence electrons. The number of nitriles is 1. The summed E-state index contributed by atoms with van der Waals surface area (Å²) in [6.45, 7) is 18.8. The van der Waals surface area contributed by atoms with Gasteiger partial charge in [0.25, 0.3) is 0 Å². The predicted octanol–water partition coefficient (Wildman–Crippen LogP) is 21.5. The molecule has 2 aromatic heterocycles. The Morgan fingerprint density at radius 3 is 1.10 bits per heavy atom. The van der Waals surface area contributed by atoms with Gasteiger partial charge >= 0.3 is 6.18 Å². The summed E-state index contributed by atoms with van der Waals surface area (Å²) in [6.07, 6.45) is -4.55. The zero-order valence-electron chi connectivity index (χ0n) is 48.0. The highest BCUT2D eigenvalue weighted by atomic mass is 19.4. The third kappa shape index (κ3) is 9.27. The SMILES string of the molecule is Cc1cc(-c2ccc(-n3c4ccc(-c5ccc(C)cc5C)cc4c4cc(-c5ccc(C)cc5C)ccc43)c(-c3cc(-n4c5ccc(-c6ccc(C)cc6C)cc5c5cc(-c6ccc(C)cc6C)ccc54)ccc3C#N)c2)cc(C(F)(F)F)c1. The van der Waals surface area contributed by atoms with E-state index >= 15 is 0 Å². The van der Waals surface area contributed by atoms with E-state index in [0.717, 1.165) is 88.4 Å². The Bertz CT molecular complexity index is 4680. The molecule has 0 atom stereocenters. The van der Waals surface area contributed by atoms with Crippen LogP contribution in [-0.4, -0.2) is 9.13 Å². The van der Waals surface area contributed by atoms with Crippen LogP contribution in [0, 0.1) is 73.6 Å². The second-order valence-corrected chi connectivity index (χ2v) is 23.0. The van der Waals surface area contributed by atoms with Crippen molar-refractivity contribution in [3.8, 4) is 84.2 Å². The van der Waals surface area contributed by atoms with E-state index in [-0.39, 0.29) is 0 Å². The molecule has 0 spiro atoms. The Morgan fingerprint density at radius 1 is 0.313 bits per heavy atom. The molecule has 11 aromatic carbocycles. The van der Waals surface area contributed by atoms with Gasteiger partial charge in [-0.15, -0.1) is 0 Å². The molecule has 0 fully saturated rings. The molecule has 13 aromatic rings. The summed E-state index contributed by atoms with van der Waals surface area (Å²) in [7, 11) is 0. The van der Waals surface area contributed by atoms with Crippen molar-refractivity contribution in [1.82, 2.24) is 9.13 Å². The fourth-order valence-corrected chi connectivity index (χ4v) is 13.0. The zero-order valence-corrected chi connectivity index (χ0v) is 48.0. The minimum atomic E-state index is -4.55. The Balaban J connectivity index is 1.09. The van der Waals surface area contributed by atoms with Gasteiger partial charge in [-0.05, 0) is 237 Å². The Labute approximate surface area is 482 Å². The van der Waals surface area contributed by atoms with Gasteiger partial charge in [0, 0.05) is 38.4 Å². The normalized spacial score (nSPS) is 11.8. The number of fused-ring (bicyclic) bond motifs is 6. The summed E-state index contributed by atoms with van der Waals surface area (Å²) in [6, 6.07) is 71.7. The van der Waals surface area contributed by atoms with Crippen LogP contribution in [0.4, 0.5) is 13.2 Å². The molecule has 0 bridgehead atoms. The summed E-state index contributed by atoms with van der Waals surface area (Å²) < 4.78 is 48.5. The van der Waals surface area contributed by atoms with Crippen molar-refractivity contribution in [2.45, 2.75) is 68.5 Å². The lowest BCUT2D eigenvalue weighted by Gasteiger charge is -2.19. The number of alkyl halides is 3. The zero-order chi connectivity index (χ0) is 57.7. The predicted molar refractivity (Wildman–Crippen MR) is 340 cm³/mol. The van der Waals surface area contributed by atoms with E-state index in [1.807, 2.05) is 30.3 Å². The van der Waals surface area contributed by atoms with Crippen LogP contribution in [0.15, 0.2) is 200 Å². The van der Waals surface area contributed by atoms with Gasteiger partial charge in [-0.3, -0.25) is 0 Å². The number of nitrogens with zero attached hydrogens (tertiary/aromatic N) is 3. The number of halogens is 3. The highest BCUT2D eigenvalue weighted by Gasteiger charge is 2.31. The van der Waals surface area contributed by atoms with Gasteiger partial charge in [0.1, 0.15) is 0 Å². The second-order valence-electron chi connectivity index (χ2n) is 23.0. The highest BCUT2D eigenvalue weighted by Crippen LogP contribution is 2.45. The summed E-state index contributed by atoms with van der Waals surface area (Å²) in [4.78, 5) is 0. The molecule has 0 saturated heterocycles. The third-order valence-electron chi connectivity index (χ3n) is 16.9. The van der Waals surface area contributed by atoms with E-state index in [4.69, 9.17) is 0 Å². The third-order valence-corrected chi connectivity index (χ3v) is 16.9. The lowest BCUT2D eigenvalue weighted by molar-refractivity contribution is -0.137. The summed E-state index contributed by atoms with van der Waals surface area (Å²) in [5.41, 5.74) is 26.7. The van der Waals surface area contributed by atoms with Gasteiger partial charge in [0.15, 0.2) is 0 Å². The van der Waals surface area contributed by atoms with Crippen LogP contribution in [0.1, 0.15) is 61.2 Å². The molecule has 0 radical (unpaired) electrons. The number of aromatic nitrogens is 2. The molecule has 0 aliphatic rings. The average molecular weight is 1080 g/mol. The molecule has 13 rings (SSSR count). The van der Waals surface area contributed by atoms with Gasteiger partial charge in [-0.25, -0.2) is 0 Å². The molecule has 0 unspecified atom stereocenters. The van der Waals surface area contributed by atoms with Crippen molar-refractivity contribution in [2.75, 3.05) is 0 Å². The Morgan fingerprint density at radius 2 is 0.711 bits per heavy atom. The number of hydrogen-bond acceptors (Lipinski definition) is 1. The van der Waals surface area contributed by atoms with Crippen LogP contribution in [0.5, 0.6) is 0 Å². The Kier molecular flexibility index (Phi) is 12.7. The molecule has 3 nitrogen and oxygen atoms in total. The summed E-state index contributed by atoms with van der Waals surface area (Å²) >= 11 is 0. The Hall–Kier alpha value is -9.70. The summed E-state index contributed by atoms with van der Waals surface area (Å²) in [5.74, 6) is 0. The lowest BCUT2D eigenvalue weighted by Crippen LogP contribution is -2.05. The molecule has 0 aliphatic heterocycles. The van der Waals surface area contributed by atoms with Gasteiger partial charge in [0.05, 0.1) is 45.0 Å². The first-order chi connectivity index (χ1) is 39.9. The first kappa shape index (κ1) is 52.7. The van der Waals surface area contributed by atoms with E-state index in [0.29, 0.717) is 33.4 Å². The van der Waals surface area contributed by atoms with Crippen molar-refractivity contribution in [2.24, 2.45) is 0 Å². The fourth-order valence-electron chi connectivity index (χ4n) is 13.0. The van der Waals surface area contributed by atoms with Gasteiger partial charge < -0.3 is 9.13 Å². The molecule has 83 heavy (non-hydrogen) atoms. The molecule has 0 aliphatic carbocycles. The van der Waals surface area contributed by atoms with E-state index < -0.39 is 11.7 Å². The van der Waals surface area contributed by atoms with Gasteiger partial charge in [-0.2, -0.15) is 18.4 Å². The first-order valence-electron chi connectivity index (χ1n) is 28.2. The van der Waals surface area contributed by atoms with Crippen LogP contribution in [-0.2, 0) is 6.18 Å². The van der Waals surface area contributed by atoms with Gasteiger partial charge in [-0.1, -0.05) is 131 Å². The number of benzene rings is 11. The average Bonchev–Trinajstić information content (AvgIpc) is 3.45. The van der Waals surface area contributed by atoms with Crippen LogP contribution < -0.4 is 0 Å². The quantitative estimate of drug-likeness (QED) is 0.149. The van der Waals surface area contributed by atoms with Crippen LogP contribution >= 0.6 is 0 Å². The molecular weight excluding hydrogens is 1020 g/mol. The maximum Gasteiger partial charge on any atom is 0.416 e. The number of rotatable bonds is 8. The van der Waals surface area contributed by atoms with Crippen LogP contribution in [0.2, 0.25) is 0 Å². The largest absolute Gasteiger partial charge is 0.416 e. The molecule has 0 amide bonds. The summed E-state index contributed by atoms with van der Waals surface area (Å²) in [5, 5.41) is 15.6. The van der Waals surface area contributed by atoms with E-state index in [1.54, 1.807) is 13.0 Å². The monoisotopic (exact) mass is 1080 g/mol. The van der Waals surface area contributed by atoms with Crippen LogP contribution in [0.25, 0.3) is 122 Å². The fraction of sp³-hybridized carbons (Fsp3) is 0.130. The van der Waals surface area contributed by atoms with Crippen molar-refractivity contribution < 1.29 is 13.2 Å². The highest BCUT2D eigenvalue weighted by molar-refractivity contribution is 6.14. The molecular formula is C77H60F3N3. The molecule has 2 heterocycles. The van der Waals surface area contributed by atoms with Crippen molar-refractivity contribution in [3.63, 3.8) is 0 Å². The molecule has 0 saturated carbocycles. The van der Waals surface area contributed by atoms with Crippen molar-refractivity contribution in [3.05, 3.63) is 261 Å². The van der Waals surface area contributed by atoms with E-state index in [2.05, 4.69) is 222 Å². The van der Waals surface area contributed by atoms with E-state index in [9.17, 15) is 18.4 Å². The van der Waals surface area contributed by atoms with Crippen LogP contribution in [0.3, 0.4) is 0 Å². The maximum absolute atomic E-state index is 14.6. The van der Waals surface area contributed by atoms with Gasteiger partial charge in [0.2, 0.25) is 0 Å². The first-order valence-corrected chi connectivity index (χ1v) is 28.2. The number of aryl methyl sites for hydroxylation is 9. The standard InChI is InChI=1S/C77H60F3N3/c1-44-10-21-62(49(6)30-44)54-16-26-72-68(38-54)69-39-55(63-22-11-45(2)31-50(63)7)17-27-73(69)82(72)61-20-14-58(43-81)66(42-61)67-37-53(59-34-48(5)35-60(36-59)77(78,79)80)15-25-74(67)83-75-28-18-56(64-23-12-46(3)32-51(64)8)40-70(75)71-41-57(19-29-76(71)83)65-24-13-47(4)33-52(65)9/h10-42H,1-9H3. The number of hydrogen-bond donors (Lipinski definition) is 0.